The van der Waals surface area contributed by atoms with E-state index < -0.39 is 0 Å². The molecule has 17 heavy (non-hydrogen) atoms. The second kappa shape index (κ2) is 8.58. The lowest BCUT2D eigenvalue weighted by atomic mass is 10.2. The lowest BCUT2D eigenvalue weighted by molar-refractivity contribution is -0.00838. The summed E-state index contributed by atoms with van der Waals surface area (Å²) in [6.07, 6.45) is 7.49. The lowest BCUT2D eigenvalue weighted by Crippen LogP contribution is -2.19. The Morgan fingerprint density at radius 3 is 2.76 bits per heavy atom. The summed E-state index contributed by atoms with van der Waals surface area (Å²) in [7, 11) is 0. The highest BCUT2D eigenvalue weighted by atomic mass is 16.5. The summed E-state index contributed by atoms with van der Waals surface area (Å²) in [5.41, 5.74) is 1.15. The van der Waals surface area contributed by atoms with Gasteiger partial charge in [0.05, 0.1) is 25.9 Å². The van der Waals surface area contributed by atoms with E-state index in [9.17, 15) is 0 Å². The molecule has 0 heterocycles. The highest BCUT2D eigenvalue weighted by Crippen LogP contribution is 2.04. The van der Waals surface area contributed by atoms with Crippen LogP contribution >= 0.6 is 0 Å². The zero-order chi connectivity index (χ0) is 12.3. The first-order chi connectivity index (χ1) is 8.36. The van der Waals surface area contributed by atoms with Gasteiger partial charge >= 0.3 is 0 Å². The van der Waals surface area contributed by atoms with Gasteiger partial charge in [-0.1, -0.05) is 36.4 Å². The van der Waals surface area contributed by atoms with Crippen LogP contribution in [-0.4, -0.2) is 19.3 Å². The van der Waals surface area contributed by atoms with E-state index in [1.54, 1.807) is 6.08 Å². The SMILES string of the molecule is C#CCC(COCc1ccccc1)OCC=C. The Balaban J connectivity index is 2.27. The number of hydrogen-bond donors (Lipinski definition) is 0. The van der Waals surface area contributed by atoms with Gasteiger partial charge in [-0.25, -0.2) is 0 Å². The minimum absolute atomic E-state index is 0.0540. The molecule has 2 heteroatoms. The molecule has 0 radical (unpaired) electrons. The Bertz CT molecular complexity index is 351. The molecule has 0 aliphatic rings. The summed E-state index contributed by atoms with van der Waals surface area (Å²) < 4.78 is 11.1. The molecule has 0 fully saturated rings. The van der Waals surface area contributed by atoms with Crippen LogP contribution in [-0.2, 0) is 16.1 Å². The first kappa shape index (κ1) is 13.5. The van der Waals surface area contributed by atoms with Crippen molar-refractivity contribution in [2.75, 3.05) is 13.2 Å². The molecule has 1 aromatic rings. The number of rotatable bonds is 8. The van der Waals surface area contributed by atoms with Crippen LogP contribution < -0.4 is 0 Å². The minimum Gasteiger partial charge on any atom is -0.374 e. The molecule has 0 aromatic heterocycles. The van der Waals surface area contributed by atoms with Gasteiger partial charge in [-0.05, 0) is 5.56 Å². The van der Waals surface area contributed by atoms with Gasteiger partial charge in [0.2, 0.25) is 0 Å². The van der Waals surface area contributed by atoms with E-state index in [0.717, 1.165) is 5.56 Å². The average molecular weight is 230 g/mol. The number of benzene rings is 1. The molecule has 0 aliphatic carbocycles. The van der Waals surface area contributed by atoms with Crippen molar-refractivity contribution in [2.45, 2.75) is 19.1 Å². The van der Waals surface area contributed by atoms with Crippen molar-refractivity contribution in [1.29, 1.82) is 0 Å². The van der Waals surface area contributed by atoms with Crippen LogP contribution in [0.1, 0.15) is 12.0 Å². The number of ether oxygens (including phenoxy) is 2. The van der Waals surface area contributed by atoms with Crippen LogP contribution in [0.4, 0.5) is 0 Å². The standard InChI is InChI=1S/C15H18O2/c1-3-8-15(17-11-4-2)13-16-12-14-9-6-5-7-10-14/h1,4-7,9-10,15H,2,8,11-13H2. The molecule has 0 amide bonds. The van der Waals surface area contributed by atoms with E-state index in [4.69, 9.17) is 15.9 Å². The average Bonchev–Trinajstić information content (AvgIpc) is 2.37. The summed E-state index contributed by atoms with van der Waals surface area (Å²) in [4.78, 5) is 0. The highest BCUT2D eigenvalue weighted by molar-refractivity contribution is 5.13. The summed E-state index contributed by atoms with van der Waals surface area (Å²) in [5, 5.41) is 0. The maximum absolute atomic E-state index is 5.58. The van der Waals surface area contributed by atoms with Gasteiger partial charge in [-0.2, -0.15) is 0 Å². The lowest BCUT2D eigenvalue weighted by Gasteiger charge is -2.14. The van der Waals surface area contributed by atoms with Gasteiger partial charge in [0.15, 0.2) is 0 Å². The molecule has 2 nitrogen and oxygen atoms in total. The van der Waals surface area contributed by atoms with Crippen molar-refractivity contribution in [3.05, 3.63) is 48.6 Å². The van der Waals surface area contributed by atoms with E-state index >= 15 is 0 Å². The first-order valence-electron chi connectivity index (χ1n) is 5.64. The minimum atomic E-state index is -0.0540. The number of terminal acetylenes is 1. The fourth-order valence-electron chi connectivity index (χ4n) is 1.38. The van der Waals surface area contributed by atoms with Crippen molar-refractivity contribution < 1.29 is 9.47 Å². The van der Waals surface area contributed by atoms with E-state index in [1.165, 1.54) is 0 Å². The summed E-state index contributed by atoms with van der Waals surface area (Å²) in [6, 6.07) is 10.0. The zero-order valence-electron chi connectivity index (χ0n) is 9.97. The molecular formula is C15H18O2. The summed E-state index contributed by atoms with van der Waals surface area (Å²) in [6.45, 7) is 5.19. The third-order valence-electron chi connectivity index (χ3n) is 2.21. The van der Waals surface area contributed by atoms with Gasteiger partial charge in [0.1, 0.15) is 0 Å². The molecule has 0 spiro atoms. The molecule has 0 aliphatic heterocycles. The molecule has 1 unspecified atom stereocenters. The van der Waals surface area contributed by atoms with E-state index in [-0.39, 0.29) is 6.10 Å². The Kier molecular flexibility index (Phi) is 6.81. The van der Waals surface area contributed by atoms with E-state index in [2.05, 4.69) is 12.5 Å². The second-order valence-electron chi connectivity index (χ2n) is 3.65. The van der Waals surface area contributed by atoms with Gasteiger partial charge in [-0.15, -0.1) is 18.9 Å². The first-order valence-corrected chi connectivity index (χ1v) is 5.64. The normalized spacial score (nSPS) is 11.7. The molecular weight excluding hydrogens is 212 g/mol. The zero-order valence-corrected chi connectivity index (χ0v) is 9.97. The molecule has 0 saturated heterocycles. The fraction of sp³-hybridized carbons (Fsp3) is 0.333. The van der Waals surface area contributed by atoms with Gasteiger partial charge < -0.3 is 9.47 Å². The maximum atomic E-state index is 5.58. The molecule has 1 aromatic carbocycles. The molecule has 0 saturated carbocycles. The van der Waals surface area contributed by atoms with Crippen molar-refractivity contribution in [3.8, 4) is 12.3 Å². The van der Waals surface area contributed by atoms with Crippen LogP contribution in [0.2, 0.25) is 0 Å². The largest absolute Gasteiger partial charge is 0.374 e. The monoisotopic (exact) mass is 230 g/mol. The maximum Gasteiger partial charge on any atom is 0.0921 e. The Hall–Kier alpha value is -1.56. The molecule has 0 N–H and O–H groups in total. The van der Waals surface area contributed by atoms with E-state index in [0.29, 0.717) is 26.2 Å². The summed E-state index contributed by atoms with van der Waals surface area (Å²) in [5.74, 6) is 2.59. The van der Waals surface area contributed by atoms with Crippen LogP contribution in [0.3, 0.4) is 0 Å². The van der Waals surface area contributed by atoms with Crippen LogP contribution in [0.15, 0.2) is 43.0 Å². The Morgan fingerprint density at radius 2 is 2.12 bits per heavy atom. The molecule has 0 bridgehead atoms. The van der Waals surface area contributed by atoms with Crippen molar-refractivity contribution >= 4 is 0 Å². The van der Waals surface area contributed by atoms with Crippen molar-refractivity contribution in [3.63, 3.8) is 0 Å². The van der Waals surface area contributed by atoms with Gasteiger partial charge in [-0.3, -0.25) is 0 Å². The Morgan fingerprint density at radius 1 is 1.35 bits per heavy atom. The third kappa shape index (κ3) is 5.91. The summed E-state index contributed by atoms with van der Waals surface area (Å²) >= 11 is 0. The number of hydrogen-bond acceptors (Lipinski definition) is 2. The molecule has 90 valence electrons. The fourth-order valence-corrected chi connectivity index (χ4v) is 1.38. The predicted octanol–water partition coefficient (Wildman–Crippen LogP) is 2.80. The highest BCUT2D eigenvalue weighted by Gasteiger charge is 2.07. The van der Waals surface area contributed by atoms with Gasteiger partial charge in [0, 0.05) is 6.42 Å². The smallest absolute Gasteiger partial charge is 0.0921 e. The third-order valence-corrected chi connectivity index (χ3v) is 2.21. The topological polar surface area (TPSA) is 18.5 Å². The van der Waals surface area contributed by atoms with Crippen molar-refractivity contribution in [1.82, 2.24) is 0 Å². The quantitative estimate of drug-likeness (QED) is 0.505. The van der Waals surface area contributed by atoms with Gasteiger partial charge in [0.25, 0.3) is 0 Å². The Labute approximate surface area is 103 Å². The molecule has 1 atom stereocenters. The van der Waals surface area contributed by atoms with E-state index in [1.807, 2.05) is 30.3 Å². The second-order valence-corrected chi connectivity index (χ2v) is 3.65. The molecule has 1 rings (SSSR count). The van der Waals surface area contributed by atoms with Crippen LogP contribution in [0.5, 0.6) is 0 Å². The predicted molar refractivity (Wildman–Crippen MR) is 69.5 cm³/mol. The van der Waals surface area contributed by atoms with Crippen LogP contribution in [0, 0.1) is 12.3 Å². The van der Waals surface area contributed by atoms with Crippen molar-refractivity contribution in [2.24, 2.45) is 0 Å². The van der Waals surface area contributed by atoms with Crippen LogP contribution in [0.25, 0.3) is 0 Å².